The summed E-state index contributed by atoms with van der Waals surface area (Å²) in [5.41, 5.74) is 18.4. The predicted molar refractivity (Wildman–Crippen MR) is 127 cm³/mol. The van der Waals surface area contributed by atoms with Crippen molar-refractivity contribution in [2.45, 2.75) is 11.8 Å². The van der Waals surface area contributed by atoms with E-state index in [1.807, 2.05) is 30.3 Å². The number of benzene rings is 2. The van der Waals surface area contributed by atoms with Crippen LogP contribution in [0.5, 0.6) is 0 Å². The third-order valence-electron chi connectivity index (χ3n) is 4.01. The van der Waals surface area contributed by atoms with Gasteiger partial charge in [-0.25, -0.2) is 13.4 Å². The van der Waals surface area contributed by atoms with E-state index in [2.05, 4.69) is 25.1 Å². The molecule has 0 amide bonds. The summed E-state index contributed by atoms with van der Waals surface area (Å²) in [6.07, 6.45) is 0. The van der Waals surface area contributed by atoms with Crippen LogP contribution in [-0.4, -0.2) is 18.6 Å². The Kier molecular flexibility index (Phi) is 7.20. The normalized spacial score (nSPS) is 11.1. The Hall–Kier alpha value is -4.45. The summed E-state index contributed by atoms with van der Waals surface area (Å²) in [7, 11) is -3.64. The number of aryl methyl sites for hydroxylation is 1. The van der Waals surface area contributed by atoms with Gasteiger partial charge < -0.3 is 21.7 Å². The molecule has 0 aliphatic heterocycles. The maximum absolute atomic E-state index is 11.9. The van der Waals surface area contributed by atoms with E-state index < -0.39 is 10.0 Å². The first-order valence-electron chi connectivity index (χ1n) is 9.53. The fourth-order valence-electron chi connectivity index (χ4n) is 2.43. The van der Waals surface area contributed by atoms with Crippen molar-refractivity contribution in [1.82, 2.24) is 10.1 Å². The summed E-state index contributed by atoms with van der Waals surface area (Å²) in [6.45, 7) is 1.67. The van der Waals surface area contributed by atoms with Gasteiger partial charge in [-0.2, -0.15) is 5.11 Å². The van der Waals surface area contributed by atoms with E-state index in [9.17, 15) is 8.42 Å². The number of pyridine rings is 1. The van der Waals surface area contributed by atoms with Gasteiger partial charge in [-0.1, -0.05) is 23.4 Å². The molecule has 7 N–H and O–H groups in total. The number of aromatic nitrogens is 2. The molecule has 0 saturated heterocycles. The summed E-state index contributed by atoms with van der Waals surface area (Å²) in [6, 6.07) is 20.1. The molecule has 33 heavy (non-hydrogen) atoms. The Bertz CT molecular complexity index is 1340. The monoisotopic (exact) mass is 466 g/mol. The molecule has 0 aliphatic rings. The van der Waals surface area contributed by atoms with Crippen LogP contribution in [0.3, 0.4) is 0 Å². The molecule has 11 nitrogen and oxygen atoms in total. The third-order valence-corrected chi connectivity index (χ3v) is 5.38. The fourth-order valence-corrected chi connectivity index (χ4v) is 3.42. The Morgan fingerprint density at radius 2 is 1.61 bits per heavy atom. The Morgan fingerprint density at radius 1 is 0.909 bits per heavy atom. The van der Waals surface area contributed by atoms with Crippen molar-refractivity contribution >= 4 is 44.5 Å². The first kappa shape index (κ1) is 23.2. The second kappa shape index (κ2) is 10.2. The Morgan fingerprint density at radius 3 is 2.21 bits per heavy atom. The van der Waals surface area contributed by atoms with E-state index in [0.717, 1.165) is 5.69 Å². The smallest absolute Gasteiger partial charge is 0.263 e. The van der Waals surface area contributed by atoms with Crippen LogP contribution in [0.4, 0.5) is 34.5 Å². The molecule has 12 heteroatoms. The minimum Gasteiger partial charge on any atom is -0.399 e. The number of anilines is 4. The van der Waals surface area contributed by atoms with Crippen molar-refractivity contribution in [2.24, 2.45) is 10.2 Å². The molecular formula is C21H22N8O3S. The summed E-state index contributed by atoms with van der Waals surface area (Å²) < 4.78 is 30.8. The summed E-state index contributed by atoms with van der Waals surface area (Å²) in [4.78, 5) is 4.01. The lowest BCUT2D eigenvalue weighted by atomic mass is 10.3. The van der Waals surface area contributed by atoms with E-state index >= 15 is 0 Å². The Balaban J connectivity index is 0.000000186. The number of nitrogens with zero attached hydrogens (tertiary/aromatic N) is 4. The van der Waals surface area contributed by atoms with E-state index in [-0.39, 0.29) is 16.5 Å². The summed E-state index contributed by atoms with van der Waals surface area (Å²) in [5, 5.41) is 11.6. The molecular weight excluding hydrogens is 444 g/mol. The highest BCUT2D eigenvalue weighted by Crippen LogP contribution is 2.23. The average Bonchev–Trinajstić information content (AvgIpc) is 3.18. The van der Waals surface area contributed by atoms with Crippen LogP contribution in [0.1, 0.15) is 5.76 Å². The minimum absolute atomic E-state index is 0.118. The largest absolute Gasteiger partial charge is 0.399 e. The van der Waals surface area contributed by atoms with Gasteiger partial charge >= 0.3 is 0 Å². The quantitative estimate of drug-likeness (QED) is 0.250. The number of hydrogen-bond acceptors (Lipinski definition) is 10. The van der Waals surface area contributed by atoms with Gasteiger partial charge in [-0.05, 0) is 55.5 Å². The van der Waals surface area contributed by atoms with Crippen LogP contribution >= 0.6 is 0 Å². The zero-order chi connectivity index (χ0) is 23.8. The second-order valence-corrected chi connectivity index (χ2v) is 8.36. The van der Waals surface area contributed by atoms with E-state index in [0.29, 0.717) is 23.0 Å². The Labute approximate surface area is 190 Å². The molecule has 170 valence electrons. The first-order chi connectivity index (χ1) is 15.7. The van der Waals surface area contributed by atoms with E-state index in [1.54, 1.807) is 19.1 Å². The van der Waals surface area contributed by atoms with Crippen molar-refractivity contribution < 1.29 is 12.9 Å². The van der Waals surface area contributed by atoms with Gasteiger partial charge in [0.05, 0.1) is 10.6 Å². The molecule has 0 spiro atoms. The number of azo groups is 1. The van der Waals surface area contributed by atoms with E-state index in [4.69, 9.17) is 21.7 Å². The summed E-state index contributed by atoms with van der Waals surface area (Å²) >= 11 is 0. The van der Waals surface area contributed by atoms with Crippen LogP contribution in [0.2, 0.25) is 0 Å². The van der Waals surface area contributed by atoms with Gasteiger partial charge in [0.15, 0.2) is 11.6 Å². The lowest BCUT2D eigenvalue weighted by Gasteiger charge is -2.04. The average molecular weight is 467 g/mol. The molecule has 0 bridgehead atoms. The predicted octanol–water partition coefficient (Wildman–Crippen LogP) is 4.03. The van der Waals surface area contributed by atoms with E-state index in [1.165, 1.54) is 30.3 Å². The molecule has 4 aromatic rings. The summed E-state index contributed by atoms with van der Waals surface area (Å²) in [5.74, 6) is 1.33. The lowest BCUT2D eigenvalue weighted by Crippen LogP contribution is -2.13. The van der Waals surface area contributed by atoms with Crippen molar-refractivity contribution in [2.75, 3.05) is 21.9 Å². The molecule has 4 rings (SSSR count). The maximum Gasteiger partial charge on any atom is 0.263 e. The van der Waals surface area contributed by atoms with Crippen molar-refractivity contribution in [3.63, 3.8) is 0 Å². The highest BCUT2D eigenvalue weighted by atomic mass is 32.2. The number of rotatable bonds is 5. The minimum atomic E-state index is -3.64. The zero-order valence-electron chi connectivity index (χ0n) is 17.6. The molecule has 2 aromatic heterocycles. The number of nitrogens with two attached hydrogens (primary N) is 3. The second-order valence-electron chi connectivity index (χ2n) is 6.67. The molecule has 0 fully saturated rings. The van der Waals surface area contributed by atoms with Gasteiger partial charge in [-0.15, -0.1) is 5.11 Å². The number of nitrogens with one attached hydrogen (secondary N) is 1. The van der Waals surface area contributed by atoms with Gasteiger partial charge in [0.25, 0.3) is 10.0 Å². The number of nitrogen functional groups attached to an aromatic ring is 3. The standard InChI is InChI=1S/C11H11N5.C10H11N3O3S/c12-10-7-6-9(11(13)14-10)16-15-8-4-2-1-3-5-8;1-7-6-10(12-16-7)13-17(14,15)9-4-2-8(11)3-5-9/h1-7H,(H4,12,13,14);2-6H,11H2,1H3,(H,12,13). The van der Waals surface area contributed by atoms with Crippen LogP contribution in [0, 0.1) is 6.92 Å². The van der Waals surface area contributed by atoms with Crippen LogP contribution in [-0.2, 0) is 10.0 Å². The third kappa shape index (κ3) is 6.77. The van der Waals surface area contributed by atoms with Crippen molar-refractivity contribution in [3.05, 3.63) is 78.6 Å². The maximum atomic E-state index is 11.9. The molecule has 2 aromatic carbocycles. The highest BCUT2D eigenvalue weighted by molar-refractivity contribution is 7.92. The van der Waals surface area contributed by atoms with Crippen LogP contribution in [0.15, 0.2) is 92.4 Å². The lowest BCUT2D eigenvalue weighted by molar-refractivity contribution is 0.400. The SMILES string of the molecule is Cc1cc(NS(=O)(=O)c2ccc(N)cc2)no1.Nc1ccc(N=Nc2ccccc2)c(N)n1. The first-order valence-corrected chi connectivity index (χ1v) is 11.0. The molecule has 2 heterocycles. The molecule has 0 saturated carbocycles. The fraction of sp³-hybridized carbons (Fsp3) is 0.0476. The van der Waals surface area contributed by atoms with Gasteiger partial charge in [0.1, 0.15) is 17.3 Å². The van der Waals surface area contributed by atoms with Crippen LogP contribution < -0.4 is 21.9 Å². The topological polar surface area (TPSA) is 188 Å². The van der Waals surface area contributed by atoms with Gasteiger partial charge in [0.2, 0.25) is 0 Å². The molecule has 0 unspecified atom stereocenters. The molecule has 0 aliphatic carbocycles. The highest BCUT2D eigenvalue weighted by Gasteiger charge is 2.15. The van der Waals surface area contributed by atoms with Crippen molar-refractivity contribution in [3.8, 4) is 0 Å². The number of hydrogen-bond donors (Lipinski definition) is 4. The molecule has 0 radical (unpaired) electrons. The molecule has 0 atom stereocenters. The van der Waals surface area contributed by atoms with Gasteiger partial charge in [0, 0.05) is 11.8 Å². The number of sulfonamides is 1. The van der Waals surface area contributed by atoms with Crippen LogP contribution in [0.25, 0.3) is 0 Å². The zero-order valence-corrected chi connectivity index (χ0v) is 18.4. The van der Waals surface area contributed by atoms with Gasteiger partial charge in [-0.3, -0.25) is 4.72 Å². The van der Waals surface area contributed by atoms with Crippen molar-refractivity contribution in [1.29, 1.82) is 0 Å².